The molecule has 0 radical (unpaired) electrons. The number of anilines is 1. The minimum Gasteiger partial charge on any atom is -0.343 e. The first-order chi connectivity index (χ1) is 12.3. The first-order valence-corrected chi connectivity index (χ1v) is 8.14. The number of carbonyl (C=O) groups excluding carboxylic acids is 1. The Kier molecular flexibility index (Phi) is 4.01. The van der Waals surface area contributed by atoms with Crippen LogP contribution in [-0.2, 0) is 6.54 Å². The van der Waals surface area contributed by atoms with E-state index in [2.05, 4.69) is 39.3 Å². The predicted molar refractivity (Wildman–Crippen MR) is 99.7 cm³/mol. The van der Waals surface area contributed by atoms with E-state index in [1.165, 1.54) is 5.56 Å². The van der Waals surface area contributed by atoms with Crippen LogP contribution in [0.25, 0.3) is 10.9 Å². The zero-order valence-electron chi connectivity index (χ0n) is 13.6. The molecule has 4 aromatic rings. The lowest BCUT2D eigenvalue weighted by atomic mass is 10.2. The van der Waals surface area contributed by atoms with Crippen LogP contribution in [0.2, 0.25) is 0 Å². The van der Waals surface area contributed by atoms with Crippen molar-refractivity contribution in [1.82, 2.24) is 9.55 Å². The van der Waals surface area contributed by atoms with Crippen molar-refractivity contribution in [2.45, 2.75) is 6.54 Å². The van der Waals surface area contributed by atoms with Crippen molar-refractivity contribution in [3.05, 3.63) is 96.4 Å². The molecule has 0 aliphatic carbocycles. The van der Waals surface area contributed by atoms with Gasteiger partial charge in [0.15, 0.2) is 0 Å². The Morgan fingerprint density at radius 2 is 1.72 bits per heavy atom. The van der Waals surface area contributed by atoms with Gasteiger partial charge in [-0.2, -0.15) is 0 Å². The van der Waals surface area contributed by atoms with E-state index in [0.29, 0.717) is 5.56 Å². The summed E-state index contributed by atoms with van der Waals surface area (Å²) in [5.74, 6) is -0.134. The topological polar surface area (TPSA) is 46.9 Å². The van der Waals surface area contributed by atoms with Gasteiger partial charge >= 0.3 is 0 Å². The molecule has 4 rings (SSSR count). The van der Waals surface area contributed by atoms with Crippen LogP contribution in [0.4, 0.5) is 5.69 Å². The maximum absolute atomic E-state index is 12.4. The molecule has 2 aromatic heterocycles. The fourth-order valence-corrected chi connectivity index (χ4v) is 2.95. The number of rotatable bonds is 4. The van der Waals surface area contributed by atoms with Crippen molar-refractivity contribution in [3.63, 3.8) is 0 Å². The van der Waals surface area contributed by atoms with Crippen LogP contribution in [0.1, 0.15) is 15.9 Å². The second-order valence-electron chi connectivity index (χ2n) is 5.86. The average molecular weight is 327 g/mol. The van der Waals surface area contributed by atoms with Gasteiger partial charge in [0.05, 0.1) is 11.2 Å². The van der Waals surface area contributed by atoms with Gasteiger partial charge in [0.1, 0.15) is 0 Å². The minimum absolute atomic E-state index is 0.134. The Hall–Kier alpha value is -3.40. The number of hydrogen-bond acceptors (Lipinski definition) is 2. The highest BCUT2D eigenvalue weighted by Gasteiger charge is 2.10. The molecule has 4 nitrogen and oxygen atoms in total. The minimum atomic E-state index is -0.134. The number of fused-ring (bicyclic) bond motifs is 1. The standard InChI is InChI=1S/C21H17N3O/c25-21(17-9-12-22-13-10-17)23-19-7-4-8-20-18(19)11-14-24(20)15-16-5-2-1-3-6-16/h1-14H,15H2,(H,23,25). The highest BCUT2D eigenvalue weighted by Crippen LogP contribution is 2.25. The van der Waals surface area contributed by atoms with Crippen molar-refractivity contribution >= 4 is 22.5 Å². The molecule has 0 aliphatic rings. The van der Waals surface area contributed by atoms with Crippen LogP contribution in [0.3, 0.4) is 0 Å². The SMILES string of the molecule is O=C(Nc1cccc2c1ccn2Cc1ccccc1)c1ccncc1. The third-order valence-electron chi connectivity index (χ3n) is 4.20. The number of pyridine rings is 1. The van der Waals surface area contributed by atoms with E-state index in [9.17, 15) is 4.79 Å². The molecule has 0 bridgehead atoms. The maximum Gasteiger partial charge on any atom is 0.255 e. The summed E-state index contributed by atoms with van der Waals surface area (Å²) in [5, 5.41) is 4.03. The van der Waals surface area contributed by atoms with Gasteiger partial charge in [0.2, 0.25) is 0 Å². The van der Waals surface area contributed by atoms with Crippen LogP contribution in [0.15, 0.2) is 85.3 Å². The second-order valence-corrected chi connectivity index (χ2v) is 5.86. The van der Waals surface area contributed by atoms with Gasteiger partial charge in [-0.05, 0) is 35.9 Å². The predicted octanol–water partition coefficient (Wildman–Crippen LogP) is 4.34. The smallest absolute Gasteiger partial charge is 0.255 e. The zero-order chi connectivity index (χ0) is 17.1. The molecule has 25 heavy (non-hydrogen) atoms. The number of benzene rings is 2. The molecule has 2 aromatic carbocycles. The zero-order valence-corrected chi connectivity index (χ0v) is 13.6. The molecule has 0 spiro atoms. The van der Waals surface area contributed by atoms with E-state index < -0.39 is 0 Å². The molecule has 2 heterocycles. The van der Waals surface area contributed by atoms with Gasteiger partial charge in [-0.15, -0.1) is 0 Å². The fraction of sp³-hybridized carbons (Fsp3) is 0.0476. The first kappa shape index (κ1) is 15.1. The molecule has 1 N–H and O–H groups in total. The van der Waals surface area contributed by atoms with Crippen molar-refractivity contribution in [3.8, 4) is 0 Å². The van der Waals surface area contributed by atoms with Gasteiger partial charge in [0, 0.05) is 36.1 Å². The lowest BCUT2D eigenvalue weighted by molar-refractivity contribution is 0.102. The normalized spacial score (nSPS) is 10.7. The molecule has 0 fully saturated rings. The molecule has 122 valence electrons. The Morgan fingerprint density at radius 3 is 2.52 bits per heavy atom. The summed E-state index contributed by atoms with van der Waals surface area (Å²) in [7, 11) is 0. The molecule has 0 aliphatic heterocycles. The number of hydrogen-bond donors (Lipinski definition) is 1. The van der Waals surface area contributed by atoms with Crippen LogP contribution < -0.4 is 5.32 Å². The molecule has 0 saturated heterocycles. The number of aromatic nitrogens is 2. The Balaban J connectivity index is 1.64. The lowest BCUT2D eigenvalue weighted by Crippen LogP contribution is -2.12. The Morgan fingerprint density at radius 1 is 0.920 bits per heavy atom. The third kappa shape index (κ3) is 3.15. The molecule has 4 heteroatoms. The fourth-order valence-electron chi connectivity index (χ4n) is 2.95. The Labute approximate surface area is 145 Å². The highest BCUT2D eigenvalue weighted by atomic mass is 16.1. The molecule has 0 saturated carbocycles. The molecular weight excluding hydrogens is 310 g/mol. The van der Waals surface area contributed by atoms with Gasteiger partial charge in [-0.1, -0.05) is 36.4 Å². The van der Waals surface area contributed by atoms with E-state index in [1.54, 1.807) is 24.5 Å². The summed E-state index contributed by atoms with van der Waals surface area (Å²) < 4.78 is 2.19. The number of nitrogens with one attached hydrogen (secondary N) is 1. The van der Waals surface area contributed by atoms with Gasteiger partial charge in [-0.3, -0.25) is 9.78 Å². The number of carbonyl (C=O) groups is 1. The first-order valence-electron chi connectivity index (χ1n) is 8.14. The monoisotopic (exact) mass is 327 g/mol. The number of amides is 1. The van der Waals surface area contributed by atoms with Crippen LogP contribution in [0, 0.1) is 0 Å². The summed E-state index contributed by atoms with van der Waals surface area (Å²) in [6, 6.07) is 21.7. The van der Waals surface area contributed by atoms with Crippen LogP contribution in [0.5, 0.6) is 0 Å². The molecule has 0 unspecified atom stereocenters. The van der Waals surface area contributed by atoms with Crippen LogP contribution >= 0.6 is 0 Å². The largest absolute Gasteiger partial charge is 0.343 e. The van der Waals surface area contributed by atoms with E-state index in [4.69, 9.17) is 0 Å². The third-order valence-corrected chi connectivity index (χ3v) is 4.20. The highest BCUT2D eigenvalue weighted by molar-refractivity contribution is 6.08. The van der Waals surface area contributed by atoms with E-state index in [-0.39, 0.29) is 5.91 Å². The second kappa shape index (κ2) is 6.61. The summed E-state index contributed by atoms with van der Waals surface area (Å²) >= 11 is 0. The number of nitrogens with zero attached hydrogens (tertiary/aromatic N) is 2. The maximum atomic E-state index is 12.4. The van der Waals surface area contributed by atoms with Gasteiger partial charge < -0.3 is 9.88 Å². The van der Waals surface area contributed by atoms with E-state index in [0.717, 1.165) is 23.1 Å². The van der Waals surface area contributed by atoms with E-state index >= 15 is 0 Å². The van der Waals surface area contributed by atoms with Crippen LogP contribution in [-0.4, -0.2) is 15.5 Å². The molecular formula is C21H17N3O. The summed E-state index contributed by atoms with van der Waals surface area (Å²) in [6.07, 6.45) is 5.29. The van der Waals surface area contributed by atoms with Crippen molar-refractivity contribution in [1.29, 1.82) is 0 Å². The van der Waals surface area contributed by atoms with Gasteiger partial charge in [0.25, 0.3) is 5.91 Å². The molecule has 1 amide bonds. The quantitative estimate of drug-likeness (QED) is 0.606. The van der Waals surface area contributed by atoms with Crippen molar-refractivity contribution in [2.24, 2.45) is 0 Å². The van der Waals surface area contributed by atoms with Crippen molar-refractivity contribution in [2.75, 3.05) is 5.32 Å². The summed E-state index contributed by atoms with van der Waals surface area (Å²) in [6.45, 7) is 0.798. The van der Waals surface area contributed by atoms with E-state index in [1.807, 2.05) is 36.4 Å². The van der Waals surface area contributed by atoms with Crippen molar-refractivity contribution < 1.29 is 4.79 Å². The summed E-state index contributed by atoms with van der Waals surface area (Å²) in [5.41, 5.74) is 3.74. The molecule has 0 atom stereocenters. The summed E-state index contributed by atoms with van der Waals surface area (Å²) in [4.78, 5) is 16.4. The Bertz CT molecular complexity index is 1010. The average Bonchev–Trinajstić information content (AvgIpc) is 3.07. The van der Waals surface area contributed by atoms with Gasteiger partial charge in [-0.25, -0.2) is 0 Å². The lowest BCUT2D eigenvalue weighted by Gasteiger charge is -2.09.